The molecule has 38 heavy (non-hydrogen) atoms. The van der Waals surface area contributed by atoms with Gasteiger partial charge in [0.25, 0.3) is 0 Å². The van der Waals surface area contributed by atoms with Crippen molar-refractivity contribution in [1.29, 1.82) is 0 Å². The summed E-state index contributed by atoms with van der Waals surface area (Å²) in [6, 6.07) is 9.40. The number of benzene rings is 1. The number of aliphatic hydroxyl groups is 1. The van der Waals surface area contributed by atoms with Crippen molar-refractivity contribution in [2.75, 3.05) is 6.54 Å². The molecule has 2 N–H and O–H groups in total. The zero-order chi connectivity index (χ0) is 26.5. The van der Waals surface area contributed by atoms with Crippen LogP contribution in [0.15, 0.2) is 42.0 Å². The molecule has 0 unspecified atom stereocenters. The quantitative estimate of drug-likeness (QED) is 0.507. The van der Waals surface area contributed by atoms with Crippen LogP contribution >= 0.6 is 0 Å². The highest BCUT2D eigenvalue weighted by Crippen LogP contribution is 2.64. The smallest absolute Gasteiger partial charge is 0.410 e. The second-order valence-electron chi connectivity index (χ2n) is 13.2. The van der Waals surface area contributed by atoms with E-state index in [1.807, 2.05) is 30.3 Å². The third kappa shape index (κ3) is 4.37. The van der Waals surface area contributed by atoms with Gasteiger partial charge >= 0.3 is 6.09 Å². The Labute approximate surface area is 227 Å². The summed E-state index contributed by atoms with van der Waals surface area (Å²) in [6.45, 7) is 5.67. The summed E-state index contributed by atoms with van der Waals surface area (Å²) in [6.07, 6.45) is 12.0. The molecular weight excluding hydrogens is 476 g/mol. The number of ether oxygens (including phenoxy) is 1. The van der Waals surface area contributed by atoms with Crippen molar-refractivity contribution in [3.05, 3.63) is 47.5 Å². The standard InChI is InChI=1S/C32H44N2O4/c1-31-16-14-23(35)19-22(31)10-11-24-25-12-13-28(32(25,2)17-15-26(24)31)33-29(36)27-9-6-18-34(27)30(37)38-20-21-7-4-3-5-8-21/h3-5,7-8,10,23-28,35H,6,9,11-20H2,1-2H3,(H,33,36)/t23-,24-,25-,26-,27+,28+,31-,32-/m0/s1. The van der Waals surface area contributed by atoms with E-state index in [0.717, 1.165) is 56.9 Å². The molecule has 6 heteroatoms. The molecule has 5 aliphatic rings. The molecule has 8 atom stereocenters. The second-order valence-corrected chi connectivity index (χ2v) is 13.2. The van der Waals surface area contributed by atoms with Crippen molar-refractivity contribution in [2.45, 2.75) is 103 Å². The van der Waals surface area contributed by atoms with Crippen LogP contribution in [0, 0.1) is 28.6 Å². The molecule has 0 spiro atoms. The van der Waals surface area contributed by atoms with Gasteiger partial charge in [0.05, 0.1) is 6.10 Å². The van der Waals surface area contributed by atoms with Crippen molar-refractivity contribution in [3.63, 3.8) is 0 Å². The van der Waals surface area contributed by atoms with E-state index < -0.39 is 12.1 Å². The maximum atomic E-state index is 13.6. The van der Waals surface area contributed by atoms with E-state index in [1.165, 1.54) is 12.0 Å². The van der Waals surface area contributed by atoms with Crippen LogP contribution in [0.2, 0.25) is 0 Å². The van der Waals surface area contributed by atoms with Gasteiger partial charge in [0, 0.05) is 12.6 Å². The maximum Gasteiger partial charge on any atom is 0.410 e. The number of nitrogens with zero attached hydrogens (tertiary/aromatic N) is 1. The van der Waals surface area contributed by atoms with Crippen LogP contribution in [-0.4, -0.2) is 46.7 Å². The minimum atomic E-state index is -0.440. The average Bonchev–Trinajstić information content (AvgIpc) is 3.53. The molecule has 1 aliphatic heterocycles. The number of hydrogen-bond donors (Lipinski definition) is 2. The summed E-state index contributed by atoms with van der Waals surface area (Å²) in [5.41, 5.74) is 2.79. The fourth-order valence-corrected chi connectivity index (χ4v) is 9.21. The van der Waals surface area contributed by atoms with E-state index in [4.69, 9.17) is 4.74 Å². The maximum absolute atomic E-state index is 13.6. The number of rotatable bonds is 4. The Hall–Kier alpha value is -2.34. The number of allylic oxidation sites excluding steroid dienone is 1. The van der Waals surface area contributed by atoms with Crippen molar-refractivity contribution in [1.82, 2.24) is 10.2 Å². The summed E-state index contributed by atoms with van der Waals surface area (Å²) in [5, 5.41) is 13.7. The Bertz CT molecular complexity index is 1090. The van der Waals surface area contributed by atoms with Gasteiger partial charge in [0.15, 0.2) is 0 Å². The lowest BCUT2D eigenvalue weighted by Crippen LogP contribution is -2.56. The molecule has 4 fully saturated rings. The molecule has 6 nitrogen and oxygen atoms in total. The number of hydrogen-bond acceptors (Lipinski definition) is 4. The molecular formula is C32H44N2O4. The number of nitrogens with one attached hydrogen (secondary N) is 1. The summed E-state index contributed by atoms with van der Waals surface area (Å²) in [4.78, 5) is 28.1. The lowest BCUT2D eigenvalue weighted by Gasteiger charge is -2.58. The highest BCUT2D eigenvalue weighted by molar-refractivity contribution is 5.86. The van der Waals surface area contributed by atoms with Gasteiger partial charge < -0.3 is 15.2 Å². The van der Waals surface area contributed by atoms with Gasteiger partial charge in [-0.2, -0.15) is 0 Å². The monoisotopic (exact) mass is 520 g/mol. The second kappa shape index (κ2) is 10.0. The zero-order valence-electron chi connectivity index (χ0n) is 23.0. The minimum absolute atomic E-state index is 0.00721. The zero-order valence-corrected chi connectivity index (χ0v) is 23.0. The average molecular weight is 521 g/mol. The van der Waals surface area contributed by atoms with E-state index in [0.29, 0.717) is 30.7 Å². The fourth-order valence-electron chi connectivity index (χ4n) is 9.21. The van der Waals surface area contributed by atoms with Gasteiger partial charge in [-0.1, -0.05) is 55.8 Å². The van der Waals surface area contributed by atoms with Crippen molar-refractivity contribution >= 4 is 12.0 Å². The van der Waals surface area contributed by atoms with Crippen LogP contribution in [0.3, 0.4) is 0 Å². The molecule has 1 aromatic carbocycles. The molecule has 0 radical (unpaired) electrons. The molecule has 1 aromatic rings. The Balaban J connectivity index is 1.11. The molecule has 1 saturated heterocycles. The van der Waals surface area contributed by atoms with Gasteiger partial charge in [-0.05, 0) is 98.4 Å². The number of carbonyl (C=O) groups is 2. The Morgan fingerprint density at radius 3 is 2.68 bits per heavy atom. The van der Waals surface area contributed by atoms with Gasteiger partial charge in [0.2, 0.25) is 5.91 Å². The lowest BCUT2D eigenvalue weighted by molar-refractivity contribution is -0.127. The first kappa shape index (κ1) is 25.9. The number of amides is 2. The van der Waals surface area contributed by atoms with Gasteiger partial charge in [0.1, 0.15) is 12.6 Å². The third-order valence-corrected chi connectivity index (χ3v) is 11.4. The van der Waals surface area contributed by atoms with Crippen molar-refractivity contribution < 1.29 is 19.4 Å². The van der Waals surface area contributed by atoms with Crippen molar-refractivity contribution in [2.24, 2.45) is 28.6 Å². The van der Waals surface area contributed by atoms with Crippen LogP contribution in [0.4, 0.5) is 4.79 Å². The third-order valence-electron chi connectivity index (χ3n) is 11.4. The molecule has 0 bridgehead atoms. The van der Waals surface area contributed by atoms with Gasteiger partial charge in [-0.3, -0.25) is 9.69 Å². The van der Waals surface area contributed by atoms with Crippen LogP contribution < -0.4 is 5.32 Å². The van der Waals surface area contributed by atoms with E-state index in [1.54, 1.807) is 4.90 Å². The Morgan fingerprint density at radius 1 is 1.05 bits per heavy atom. The lowest BCUT2D eigenvalue weighted by atomic mass is 9.48. The van der Waals surface area contributed by atoms with E-state index in [2.05, 4.69) is 25.2 Å². The number of likely N-dealkylation sites (tertiary alicyclic amines) is 1. The SMILES string of the molecule is C[C@]12CC[C@H]3[C@@H](CC=C4C[C@@H](O)CC[C@@]43C)[C@@H]1CC[C@H]2NC(=O)[C@H]1CCCN1C(=O)OCc1ccccc1. The number of fused-ring (bicyclic) bond motifs is 5. The summed E-state index contributed by atoms with van der Waals surface area (Å²) in [5.74, 6) is 1.96. The largest absolute Gasteiger partial charge is 0.445 e. The number of carbonyl (C=O) groups excluding carboxylic acids is 2. The van der Waals surface area contributed by atoms with Crippen molar-refractivity contribution in [3.8, 4) is 0 Å². The van der Waals surface area contributed by atoms with E-state index in [-0.39, 0.29) is 35.5 Å². The minimum Gasteiger partial charge on any atom is -0.445 e. The van der Waals surface area contributed by atoms with Crippen LogP contribution in [0.1, 0.15) is 83.6 Å². The predicted molar refractivity (Wildman–Crippen MR) is 146 cm³/mol. The predicted octanol–water partition coefficient (Wildman–Crippen LogP) is 5.60. The number of aliphatic hydroxyl groups excluding tert-OH is 1. The van der Waals surface area contributed by atoms with Crippen LogP contribution in [-0.2, 0) is 16.1 Å². The molecule has 6 rings (SSSR count). The molecule has 1 heterocycles. The van der Waals surface area contributed by atoms with E-state index in [9.17, 15) is 14.7 Å². The first-order chi connectivity index (χ1) is 18.3. The van der Waals surface area contributed by atoms with Gasteiger partial charge in [-0.15, -0.1) is 0 Å². The molecule has 206 valence electrons. The first-order valence-corrected chi connectivity index (χ1v) is 14.9. The first-order valence-electron chi connectivity index (χ1n) is 14.9. The highest BCUT2D eigenvalue weighted by atomic mass is 16.6. The van der Waals surface area contributed by atoms with Crippen LogP contribution in [0.5, 0.6) is 0 Å². The highest BCUT2D eigenvalue weighted by Gasteiger charge is 2.59. The molecule has 3 saturated carbocycles. The molecule has 0 aromatic heterocycles. The summed E-state index contributed by atoms with van der Waals surface area (Å²) in [7, 11) is 0. The molecule has 2 amide bonds. The molecule has 4 aliphatic carbocycles. The van der Waals surface area contributed by atoms with E-state index >= 15 is 0 Å². The summed E-state index contributed by atoms with van der Waals surface area (Å²) >= 11 is 0. The topological polar surface area (TPSA) is 78.9 Å². The normalized spacial score (nSPS) is 40.0. The van der Waals surface area contributed by atoms with Gasteiger partial charge in [-0.25, -0.2) is 4.79 Å². The fraction of sp³-hybridized carbons (Fsp3) is 0.688. The van der Waals surface area contributed by atoms with Crippen LogP contribution in [0.25, 0.3) is 0 Å². The Morgan fingerprint density at radius 2 is 1.87 bits per heavy atom. The summed E-state index contributed by atoms with van der Waals surface area (Å²) < 4.78 is 5.57. The Kier molecular flexibility index (Phi) is 6.82.